The largest absolute Gasteiger partial charge is 0.508 e. The lowest BCUT2D eigenvalue weighted by Crippen LogP contribution is -2.35. The first-order valence-electron chi connectivity index (χ1n) is 9.80. The van der Waals surface area contributed by atoms with Gasteiger partial charge < -0.3 is 15.7 Å². The van der Waals surface area contributed by atoms with Crippen molar-refractivity contribution in [3.63, 3.8) is 0 Å². The second-order valence-electron chi connectivity index (χ2n) is 7.51. The van der Waals surface area contributed by atoms with Crippen LogP contribution in [-0.2, 0) is 0 Å². The van der Waals surface area contributed by atoms with E-state index in [0.717, 1.165) is 24.0 Å². The van der Waals surface area contributed by atoms with E-state index < -0.39 is 0 Å². The number of hydrogen-bond acceptors (Lipinski definition) is 3. The first kappa shape index (κ1) is 17.8. The SMILES string of the molecule is CCNC(=O)c1ccc(C(=C2CC3CCC(C2)N3)c2ccc(O)cc2)cc1. The lowest BCUT2D eigenvalue weighted by atomic mass is 9.86. The van der Waals surface area contributed by atoms with Gasteiger partial charge in [-0.2, -0.15) is 0 Å². The number of carbonyl (C=O) groups excluding carboxylic acids is 1. The van der Waals surface area contributed by atoms with E-state index in [0.29, 0.717) is 24.2 Å². The van der Waals surface area contributed by atoms with Gasteiger partial charge >= 0.3 is 0 Å². The summed E-state index contributed by atoms with van der Waals surface area (Å²) in [5, 5.41) is 16.2. The third kappa shape index (κ3) is 3.76. The highest BCUT2D eigenvalue weighted by atomic mass is 16.3. The van der Waals surface area contributed by atoms with Crippen molar-refractivity contribution in [1.29, 1.82) is 0 Å². The molecule has 0 aromatic heterocycles. The zero-order valence-corrected chi connectivity index (χ0v) is 15.7. The maximum absolute atomic E-state index is 12.1. The van der Waals surface area contributed by atoms with E-state index in [1.165, 1.54) is 24.0 Å². The second-order valence-corrected chi connectivity index (χ2v) is 7.51. The van der Waals surface area contributed by atoms with Crippen LogP contribution < -0.4 is 10.6 Å². The Morgan fingerprint density at radius 3 is 2.04 bits per heavy atom. The number of phenols is 1. The Labute approximate surface area is 160 Å². The highest BCUT2D eigenvalue weighted by Gasteiger charge is 2.32. The summed E-state index contributed by atoms with van der Waals surface area (Å²) in [6, 6.07) is 16.5. The van der Waals surface area contributed by atoms with Gasteiger partial charge in [-0.25, -0.2) is 0 Å². The van der Waals surface area contributed by atoms with Gasteiger partial charge in [0.25, 0.3) is 5.91 Å². The van der Waals surface area contributed by atoms with Gasteiger partial charge in [-0.3, -0.25) is 4.79 Å². The summed E-state index contributed by atoms with van der Waals surface area (Å²) in [5.74, 6) is 0.239. The molecule has 140 valence electrons. The Bertz CT molecular complexity index is 839. The third-order valence-electron chi connectivity index (χ3n) is 5.60. The molecule has 0 spiro atoms. The van der Waals surface area contributed by atoms with Gasteiger partial charge in [0.2, 0.25) is 0 Å². The Morgan fingerprint density at radius 2 is 1.48 bits per heavy atom. The van der Waals surface area contributed by atoms with Crippen molar-refractivity contribution in [2.45, 2.75) is 44.7 Å². The van der Waals surface area contributed by atoms with Crippen LogP contribution in [0.15, 0.2) is 54.1 Å². The molecule has 0 aliphatic carbocycles. The number of rotatable bonds is 4. The van der Waals surface area contributed by atoms with Crippen molar-refractivity contribution in [3.8, 4) is 5.75 Å². The van der Waals surface area contributed by atoms with Crippen molar-refractivity contribution in [3.05, 3.63) is 70.8 Å². The molecule has 2 aromatic rings. The van der Waals surface area contributed by atoms with E-state index in [1.54, 1.807) is 12.1 Å². The smallest absolute Gasteiger partial charge is 0.251 e. The van der Waals surface area contributed by atoms with Crippen molar-refractivity contribution in [1.82, 2.24) is 10.6 Å². The number of carbonyl (C=O) groups is 1. The molecular weight excluding hydrogens is 336 g/mol. The molecule has 2 atom stereocenters. The Hall–Kier alpha value is -2.59. The normalized spacial score (nSPS) is 21.1. The Kier molecular flexibility index (Phi) is 4.99. The number of aromatic hydroxyl groups is 1. The molecule has 0 saturated carbocycles. The minimum Gasteiger partial charge on any atom is -0.508 e. The van der Waals surface area contributed by atoms with Crippen molar-refractivity contribution in [2.75, 3.05) is 6.54 Å². The van der Waals surface area contributed by atoms with E-state index in [4.69, 9.17) is 0 Å². The lowest BCUT2D eigenvalue weighted by Gasteiger charge is -2.27. The van der Waals surface area contributed by atoms with Gasteiger partial charge in [0.15, 0.2) is 0 Å². The number of benzene rings is 2. The van der Waals surface area contributed by atoms with Crippen LogP contribution in [0, 0.1) is 0 Å². The summed E-state index contributed by atoms with van der Waals surface area (Å²) in [4.78, 5) is 12.1. The predicted molar refractivity (Wildman–Crippen MR) is 108 cm³/mol. The van der Waals surface area contributed by atoms with Crippen LogP contribution in [0.3, 0.4) is 0 Å². The molecule has 2 unspecified atom stereocenters. The third-order valence-corrected chi connectivity index (χ3v) is 5.60. The first-order valence-corrected chi connectivity index (χ1v) is 9.80. The van der Waals surface area contributed by atoms with Crippen LogP contribution in [0.1, 0.15) is 54.1 Å². The quantitative estimate of drug-likeness (QED) is 0.774. The molecule has 4 nitrogen and oxygen atoms in total. The fourth-order valence-electron chi connectivity index (χ4n) is 4.36. The summed E-state index contributed by atoms with van der Waals surface area (Å²) >= 11 is 0. The van der Waals surface area contributed by atoms with Crippen molar-refractivity contribution in [2.24, 2.45) is 0 Å². The Balaban J connectivity index is 1.74. The van der Waals surface area contributed by atoms with Crippen LogP contribution >= 0.6 is 0 Å². The zero-order valence-electron chi connectivity index (χ0n) is 15.7. The first-order chi connectivity index (χ1) is 13.1. The summed E-state index contributed by atoms with van der Waals surface area (Å²) in [5.41, 5.74) is 5.65. The molecule has 27 heavy (non-hydrogen) atoms. The van der Waals surface area contributed by atoms with Gasteiger partial charge in [0, 0.05) is 24.2 Å². The number of hydrogen-bond donors (Lipinski definition) is 3. The van der Waals surface area contributed by atoms with E-state index in [2.05, 4.69) is 10.6 Å². The monoisotopic (exact) mass is 362 g/mol. The predicted octanol–water partition coefficient (Wildman–Crippen LogP) is 3.86. The average molecular weight is 362 g/mol. The van der Waals surface area contributed by atoms with Crippen molar-refractivity contribution >= 4 is 11.5 Å². The number of piperidine rings is 1. The number of nitrogens with one attached hydrogen (secondary N) is 2. The van der Waals surface area contributed by atoms with E-state index >= 15 is 0 Å². The molecule has 2 heterocycles. The second kappa shape index (κ2) is 7.57. The number of phenolic OH excluding ortho intramolecular Hbond substituents is 1. The molecule has 2 saturated heterocycles. The summed E-state index contributed by atoms with van der Waals surface area (Å²) < 4.78 is 0. The number of amides is 1. The van der Waals surface area contributed by atoms with E-state index in [-0.39, 0.29) is 11.7 Å². The standard InChI is InChI=1S/C23H26N2O2/c1-2-24-23(27)17-5-3-15(4-6-17)22(16-7-11-21(26)12-8-16)18-13-19-9-10-20(14-18)25-19/h3-8,11-12,19-20,25-26H,2,9-10,13-14H2,1H3,(H,24,27). The fraction of sp³-hybridized carbons (Fsp3) is 0.348. The van der Waals surface area contributed by atoms with Gasteiger partial charge in [-0.05, 0) is 73.6 Å². The summed E-state index contributed by atoms with van der Waals surface area (Å²) in [6.45, 7) is 2.55. The molecule has 2 aliphatic rings. The van der Waals surface area contributed by atoms with Gasteiger partial charge in [0.1, 0.15) is 5.75 Å². The minimum absolute atomic E-state index is 0.0391. The van der Waals surface area contributed by atoms with Gasteiger partial charge in [0.05, 0.1) is 0 Å². The van der Waals surface area contributed by atoms with Gasteiger partial charge in [-0.1, -0.05) is 29.8 Å². The zero-order chi connectivity index (χ0) is 18.8. The van der Waals surface area contributed by atoms with Crippen LogP contribution in [0.2, 0.25) is 0 Å². The molecular formula is C23H26N2O2. The summed E-state index contributed by atoms with van der Waals surface area (Å²) in [7, 11) is 0. The average Bonchev–Trinajstić information content (AvgIpc) is 3.02. The molecule has 4 heteroatoms. The van der Waals surface area contributed by atoms with Crippen LogP contribution in [-0.4, -0.2) is 29.6 Å². The summed E-state index contributed by atoms with van der Waals surface area (Å²) in [6.07, 6.45) is 4.61. The molecule has 0 radical (unpaired) electrons. The van der Waals surface area contributed by atoms with Gasteiger partial charge in [-0.15, -0.1) is 0 Å². The molecule has 3 N–H and O–H groups in total. The van der Waals surface area contributed by atoms with Crippen LogP contribution in [0.5, 0.6) is 5.75 Å². The Morgan fingerprint density at radius 1 is 0.963 bits per heavy atom. The highest BCUT2D eigenvalue weighted by molar-refractivity contribution is 5.95. The molecule has 2 aromatic carbocycles. The molecule has 1 amide bonds. The molecule has 2 aliphatic heterocycles. The fourth-order valence-corrected chi connectivity index (χ4v) is 4.36. The minimum atomic E-state index is -0.0391. The van der Waals surface area contributed by atoms with E-state index in [9.17, 15) is 9.90 Å². The maximum atomic E-state index is 12.1. The lowest BCUT2D eigenvalue weighted by molar-refractivity contribution is 0.0956. The van der Waals surface area contributed by atoms with Crippen LogP contribution in [0.25, 0.3) is 5.57 Å². The molecule has 4 rings (SSSR count). The van der Waals surface area contributed by atoms with Crippen LogP contribution in [0.4, 0.5) is 0 Å². The molecule has 2 fully saturated rings. The number of fused-ring (bicyclic) bond motifs is 2. The van der Waals surface area contributed by atoms with Crippen molar-refractivity contribution < 1.29 is 9.90 Å². The van der Waals surface area contributed by atoms with E-state index in [1.807, 2.05) is 43.3 Å². The topological polar surface area (TPSA) is 61.4 Å². The maximum Gasteiger partial charge on any atom is 0.251 e. The molecule has 2 bridgehead atoms. The highest BCUT2D eigenvalue weighted by Crippen LogP contribution is 2.38.